The van der Waals surface area contributed by atoms with Crippen LogP contribution in [0, 0.1) is 6.92 Å². The number of thioether (sulfide) groups is 1. The fourth-order valence-corrected chi connectivity index (χ4v) is 6.10. The molecule has 0 aliphatic carbocycles. The van der Waals surface area contributed by atoms with E-state index < -0.39 is 0 Å². The molecule has 0 unspecified atom stereocenters. The zero-order chi connectivity index (χ0) is 29.0. The lowest BCUT2D eigenvalue weighted by Gasteiger charge is -2.18. The molecule has 5 aromatic rings. The molecule has 0 saturated carbocycles. The van der Waals surface area contributed by atoms with E-state index in [1.54, 1.807) is 11.8 Å². The summed E-state index contributed by atoms with van der Waals surface area (Å²) in [4.78, 5) is 12.6. The first kappa shape index (κ1) is 29.3. The van der Waals surface area contributed by atoms with Gasteiger partial charge in [0.25, 0.3) is 0 Å². The van der Waals surface area contributed by atoms with Gasteiger partial charge >= 0.3 is 0 Å². The van der Waals surface area contributed by atoms with Crippen molar-refractivity contribution in [2.45, 2.75) is 50.1 Å². The number of aromatic nitrogens is 3. The molecule has 5 rings (SSSR count). The van der Waals surface area contributed by atoms with Crippen molar-refractivity contribution in [3.63, 3.8) is 0 Å². The first-order chi connectivity index (χ1) is 20.7. The molecule has 0 bridgehead atoms. The van der Waals surface area contributed by atoms with Crippen LogP contribution in [0.2, 0.25) is 0 Å². The minimum Gasteiger partial charge on any atom is -0.356 e. The van der Waals surface area contributed by atoms with Crippen molar-refractivity contribution in [2.75, 3.05) is 12.3 Å². The van der Waals surface area contributed by atoms with Gasteiger partial charge in [0.15, 0.2) is 5.16 Å². The summed E-state index contributed by atoms with van der Waals surface area (Å²) >= 11 is 1.70. The number of carbonyl (C=O) groups excluding carboxylic acids is 1. The van der Waals surface area contributed by atoms with E-state index >= 15 is 0 Å². The Kier molecular flexibility index (Phi) is 10.6. The van der Waals surface area contributed by atoms with Crippen LogP contribution in [0.3, 0.4) is 0 Å². The van der Waals surface area contributed by atoms with Crippen LogP contribution in [0.25, 0.3) is 5.69 Å². The van der Waals surface area contributed by atoms with Crippen LogP contribution in [0.15, 0.2) is 120 Å². The molecule has 0 atom stereocenters. The second kappa shape index (κ2) is 15.2. The second-order valence-corrected chi connectivity index (χ2v) is 11.6. The predicted octanol–water partition coefficient (Wildman–Crippen LogP) is 7.77. The number of nitrogens with one attached hydrogen (secondary N) is 1. The van der Waals surface area contributed by atoms with Gasteiger partial charge in [0.2, 0.25) is 5.91 Å². The summed E-state index contributed by atoms with van der Waals surface area (Å²) in [5.74, 6) is 2.19. The zero-order valence-corrected chi connectivity index (χ0v) is 25.0. The maximum Gasteiger partial charge on any atom is 0.219 e. The van der Waals surface area contributed by atoms with Crippen LogP contribution in [-0.2, 0) is 11.2 Å². The quantitative estimate of drug-likeness (QED) is 0.109. The van der Waals surface area contributed by atoms with Crippen LogP contribution in [0.5, 0.6) is 0 Å². The van der Waals surface area contributed by atoms with Gasteiger partial charge in [-0.25, -0.2) is 0 Å². The Morgan fingerprint density at radius 3 is 2.05 bits per heavy atom. The van der Waals surface area contributed by atoms with Gasteiger partial charge in [0.1, 0.15) is 5.82 Å². The van der Waals surface area contributed by atoms with Crippen molar-refractivity contribution in [3.05, 3.63) is 143 Å². The molecule has 214 valence electrons. The highest BCUT2D eigenvalue weighted by Gasteiger charge is 2.16. The molecule has 0 aliphatic heterocycles. The molecule has 4 aromatic carbocycles. The average Bonchev–Trinajstić information content (AvgIpc) is 3.42. The number of benzene rings is 4. The topological polar surface area (TPSA) is 59.8 Å². The second-order valence-electron chi connectivity index (χ2n) is 10.6. The molecule has 6 heteroatoms. The van der Waals surface area contributed by atoms with Crippen molar-refractivity contribution in [1.82, 2.24) is 20.1 Å². The highest BCUT2D eigenvalue weighted by atomic mass is 32.2. The summed E-state index contributed by atoms with van der Waals surface area (Å²) in [6.07, 6.45) is 3.90. The summed E-state index contributed by atoms with van der Waals surface area (Å²) in [6, 6.07) is 39.9. The molecule has 0 aliphatic rings. The minimum absolute atomic E-state index is 0.118. The monoisotopic (exact) mass is 574 g/mol. The fraction of sp³-hybridized carbons (Fsp3) is 0.250. The maximum absolute atomic E-state index is 12.6. The molecular formula is C36H38N4OS. The van der Waals surface area contributed by atoms with Crippen LogP contribution < -0.4 is 5.32 Å². The van der Waals surface area contributed by atoms with Crippen molar-refractivity contribution < 1.29 is 4.79 Å². The number of unbranched alkanes of at least 4 members (excludes halogenated alkanes) is 1. The smallest absolute Gasteiger partial charge is 0.219 e. The Labute approximate surface area is 253 Å². The molecule has 42 heavy (non-hydrogen) atoms. The molecule has 0 fully saturated rings. The van der Waals surface area contributed by atoms with Crippen molar-refractivity contribution in [3.8, 4) is 5.69 Å². The van der Waals surface area contributed by atoms with E-state index in [0.29, 0.717) is 13.0 Å². The summed E-state index contributed by atoms with van der Waals surface area (Å²) < 4.78 is 2.17. The normalized spacial score (nSPS) is 11.1. The lowest BCUT2D eigenvalue weighted by Crippen LogP contribution is -2.25. The highest BCUT2D eigenvalue weighted by Crippen LogP contribution is 2.28. The molecular weight excluding hydrogens is 536 g/mol. The number of carbonyl (C=O) groups is 1. The molecule has 1 heterocycles. The fourth-order valence-electron chi connectivity index (χ4n) is 5.13. The molecule has 1 aromatic heterocycles. The van der Waals surface area contributed by atoms with Crippen molar-refractivity contribution in [2.24, 2.45) is 0 Å². The summed E-state index contributed by atoms with van der Waals surface area (Å²) in [7, 11) is 0. The lowest BCUT2D eigenvalue weighted by molar-refractivity contribution is -0.121. The summed E-state index contributed by atoms with van der Waals surface area (Å²) in [5, 5.41) is 13.1. The lowest BCUT2D eigenvalue weighted by atomic mass is 9.88. The highest BCUT2D eigenvalue weighted by molar-refractivity contribution is 7.99. The molecule has 0 saturated heterocycles. The number of rotatable bonds is 14. The van der Waals surface area contributed by atoms with E-state index in [1.165, 1.54) is 22.3 Å². The van der Waals surface area contributed by atoms with E-state index in [0.717, 1.165) is 48.1 Å². The zero-order valence-electron chi connectivity index (χ0n) is 24.2. The van der Waals surface area contributed by atoms with Gasteiger partial charge < -0.3 is 5.32 Å². The number of hydrogen-bond donors (Lipinski definition) is 1. The van der Waals surface area contributed by atoms with Gasteiger partial charge in [0.05, 0.1) is 0 Å². The van der Waals surface area contributed by atoms with E-state index in [-0.39, 0.29) is 11.8 Å². The first-order valence-corrected chi connectivity index (χ1v) is 15.7. The Balaban J connectivity index is 1.10. The third kappa shape index (κ3) is 8.20. The van der Waals surface area contributed by atoms with Gasteiger partial charge in [-0.05, 0) is 55.0 Å². The molecule has 0 radical (unpaired) electrons. The predicted molar refractivity (Wildman–Crippen MR) is 172 cm³/mol. The maximum atomic E-state index is 12.6. The third-order valence-corrected chi connectivity index (χ3v) is 8.40. The van der Waals surface area contributed by atoms with E-state index in [1.807, 2.05) is 18.2 Å². The third-order valence-electron chi connectivity index (χ3n) is 7.39. The molecule has 0 spiro atoms. The standard InChI is InChI=1S/C36H38N4OS/c1-28-20-22-32(23-21-28)40-34(27-29-13-5-2-6-14-29)38-39-36(40)42-26-12-11-19-35(41)37-25-24-33(30-15-7-3-8-16-30)31-17-9-4-10-18-31/h2-10,13-18,20-23,33H,11-12,19,24-27H2,1H3,(H,37,41). The van der Waals surface area contributed by atoms with E-state index in [9.17, 15) is 4.79 Å². The summed E-state index contributed by atoms with van der Waals surface area (Å²) in [5.41, 5.74) is 6.06. The molecule has 1 N–H and O–H groups in total. The van der Waals surface area contributed by atoms with Gasteiger partial charge in [-0.1, -0.05) is 120 Å². The number of aryl methyl sites for hydroxylation is 1. The van der Waals surface area contributed by atoms with Crippen LogP contribution in [-0.4, -0.2) is 33.0 Å². The Hall–Kier alpha value is -4.16. The van der Waals surface area contributed by atoms with Gasteiger partial charge in [-0.15, -0.1) is 10.2 Å². The van der Waals surface area contributed by atoms with Gasteiger partial charge in [-0.3, -0.25) is 9.36 Å². The number of amides is 1. The Bertz CT molecular complexity index is 1480. The van der Waals surface area contributed by atoms with Crippen molar-refractivity contribution >= 4 is 17.7 Å². The van der Waals surface area contributed by atoms with Crippen LogP contribution in [0.1, 0.15) is 59.7 Å². The number of nitrogens with zero attached hydrogens (tertiary/aromatic N) is 3. The van der Waals surface area contributed by atoms with Gasteiger partial charge in [-0.2, -0.15) is 0 Å². The summed E-state index contributed by atoms with van der Waals surface area (Å²) in [6.45, 7) is 2.75. The average molecular weight is 575 g/mol. The van der Waals surface area contributed by atoms with E-state index in [2.05, 4.69) is 124 Å². The largest absolute Gasteiger partial charge is 0.356 e. The number of hydrogen-bond acceptors (Lipinski definition) is 4. The minimum atomic E-state index is 0.118. The van der Waals surface area contributed by atoms with Crippen LogP contribution in [0.4, 0.5) is 0 Å². The van der Waals surface area contributed by atoms with Gasteiger partial charge in [0, 0.05) is 36.7 Å². The molecule has 5 nitrogen and oxygen atoms in total. The first-order valence-electron chi connectivity index (χ1n) is 14.7. The van der Waals surface area contributed by atoms with Crippen molar-refractivity contribution in [1.29, 1.82) is 0 Å². The Morgan fingerprint density at radius 2 is 1.40 bits per heavy atom. The van der Waals surface area contributed by atoms with Crippen LogP contribution >= 0.6 is 11.8 Å². The molecule has 1 amide bonds. The Morgan fingerprint density at radius 1 is 0.786 bits per heavy atom. The SMILES string of the molecule is Cc1ccc(-n2c(Cc3ccccc3)nnc2SCCCCC(=O)NCCC(c2ccccc2)c2ccccc2)cc1. The van der Waals surface area contributed by atoms with E-state index in [4.69, 9.17) is 0 Å².